The van der Waals surface area contributed by atoms with Crippen molar-refractivity contribution in [2.45, 2.75) is 39.0 Å². The number of nitrogens with zero attached hydrogens (tertiary/aromatic N) is 1. The number of aliphatic hydroxyl groups is 1. The molecule has 1 atom stereocenters. The predicted octanol–water partition coefficient (Wildman–Crippen LogP) is 3.88. The van der Waals surface area contributed by atoms with Crippen LogP contribution in [-0.2, 0) is 6.54 Å². The molecule has 0 spiro atoms. The third-order valence-electron chi connectivity index (χ3n) is 4.17. The smallest absolute Gasteiger partial charge is 0.408 e. The van der Waals surface area contributed by atoms with E-state index in [4.69, 9.17) is 11.6 Å². The van der Waals surface area contributed by atoms with Gasteiger partial charge < -0.3 is 20.8 Å². The fourth-order valence-corrected chi connectivity index (χ4v) is 3.50. The lowest BCUT2D eigenvalue weighted by atomic mass is 10.1. The average Bonchev–Trinajstić information content (AvgIpc) is 3.08. The average molecular weight is 440 g/mol. The van der Waals surface area contributed by atoms with Crippen LogP contribution in [0.25, 0.3) is 0 Å². The summed E-state index contributed by atoms with van der Waals surface area (Å²) in [6, 6.07) is 10.6. The molecule has 1 aromatic carbocycles. The van der Waals surface area contributed by atoms with Crippen LogP contribution in [0.4, 0.5) is 10.5 Å². The Morgan fingerprint density at radius 3 is 2.31 bits per heavy atom. The van der Waals surface area contributed by atoms with Crippen molar-refractivity contribution in [2.75, 3.05) is 18.4 Å². The Morgan fingerprint density at radius 2 is 1.79 bits per heavy atom. The second-order valence-electron chi connectivity index (χ2n) is 7.58. The number of thiophene rings is 1. The number of halogens is 1. The summed E-state index contributed by atoms with van der Waals surface area (Å²) >= 11 is 6.99. The van der Waals surface area contributed by atoms with Crippen LogP contribution in [0.1, 0.15) is 36.0 Å². The van der Waals surface area contributed by atoms with E-state index < -0.39 is 17.7 Å². The van der Waals surface area contributed by atoms with Gasteiger partial charge in [-0.3, -0.25) is 9.69 Å². The van der Waals surface area contributed by atoms with Gasteiger partial charge in [0.25, 0.3) is 5.91 Å². The summed E-state index contributed by atoms with van der Waals surface area (Å²) < 4.78 is 0.537. The molecule has 9 heteroatoms. The van der Waals surface area contributed by atoms with Crippen LogP contribution in [0.5, 0.6) is 0 Å². The number of carboxylic acid groups (broad SMARTS) is 1. The maximum atomic E-state index is 11.9. The zero-order chi connectivity index (χ0) is 21.6. The number of carbonyl (C=O) groups excluding carboxylic acids is 1. The minimum Gasteiger partial charge on any atom is -0.465 e. The first-order valence-electron chi connectivity index (χ1n) is 9.11. The standard InChI is InChI=1S/C20H26ClN3O4S/c1-20(2,3)24(19(27)28)12-13-4-6-14(7-5-13)22-10-15(25)11-23-18(26)16-8-9-17(21)29-16/h4-9,15,22,25H,10-12H2,1-3H3,(H,23,26)(H,27,28). The Kier molecular flexibility index (Phi) is 7.89. The SMILES string of the molecule is CC(C)(C)N(Cc1ccc(NCC(O)CNC(=O)c2ccc(Cl)s2)cc1)C(=O)O. The zero-order valence-corrected chi connectivity index (χ0v) is 18.2. The van der Waals surface area contributed by atoms with Crippen LogP contribution < -0.4 is 10.6 Å². The van der Waals surface area contributed by atoms with Gasteiger partial charge in [0.2, 0.25) is 0 Å². The molecule has 1 unspecified atom stereocenters. The van der Waals surface area contributed by atoms with Gasteiger partial charge in [-0.05, 0) is 50.6 Å². The van der Waals surface area contributed by atoms with E-state index in [0.717, 1.165) is 11.3 Å². The van der Waals surface area contributed by atoms with Crippen LogP contribution in [0.2, 0.25) is 4.34 Å². The van der Waals surface area contributed by atoms with Crippen LogP contribution in [0.15, 0.2) is 36.4 Å². The monoisotopic (exact) mass is 439 g/mol. The number of benzene rings is 1. The van der Waals surface area contributed by atoms with Gasteiger partial charge in [-0.2, -0.15) is 0 Å². The molecular weight excluding hydrogens is 414 g/mol. The summed E-state index contributed by atoms with van der Waals surface area (Å²) in [6.07, 6.45) is -1.73. The molecule has 1 aromatic heterocycles. The van der Waals surface area contributed by atoms with Crippen molar-refractivity contribution in [3.63, 3.8) is 0 Å². The van der Waals surface area contributed by atoms with Gasteiger partial charge in [0.1, 0.15) is 0 Å². The first-order chi connectivity index (χ1) is 13.6. The second kappa shape index (κ2) is 9.96. The fraction of sp³-hybridized carbons (Fsp3) is 0.400. The van der Waals surface area contributed by atoms with Crippen molar-refractivity contribution in [2.24, 2.45) is 0 Å². The largest absolute Gasteiger partial charge is 0.465 e. The quantitative estimate of drug-likeness (QED) is 0.500. The Morgan fingerprint density at radius 1 is 1.14 bits per heavy atom. The van der Waals surface area contributed by atoms with Gasteiger partial charge in [0, 0.05) is 30.9 Å². The number of hydrogen-bond acceptors (Lipinski definition) is 5. The third kappa shape index (κ3) is 7.23. The first kappa shape index (κ1) is 23.0. The van der Waals surface area contributed by atoms with Crippen molar-refractivity contribution < 1.29 is 19.8 Å². The number of aliphatic hydroxyl groups excluding tert-OH is 1. The van der Waals surface area contributed by atoms with Gasteiger partial charge in [-0.1, -0.05) is 23.7 Å². The van der Waals surface area contributed by atoms with Crippen molar-refractivity contribution >= 4 is 40.6 Å². The van der Waals surface area contributed by atoms with Crippen molar-refractivity contribution in [3.05, 3.63) is 51.2 Å². The highest BCUT2D eigenvalue weighted by atomic mass is 35.5. The van der Waals surface area contributed by atoms with E-state index in [1.54, 1.807) is 12.1 Å². The lowest BCUT2D eigenvalue weighted by Gasteiger charge is -2.33. The van der Waals surface area contributed by atoms with E-state index in [0.29, 0.717) is 15.8 Å². The molecule has 4 N–H and O–H groups in total. The molecule has 7 nitrogen and oxygen atoms in total. The fourth-order valence-electron chi connectivity index (χ4n) is 2.54. The highest BCUT2D eigenvalue weighted by molar-refractivity contribution is 7.17. The maximum Gasteiger partial charge on any atom is 0.408 e. The van der Waals surface area contributed by atoms with Gasteiger partial charge in [-0.25, -0.2) is 4.79 Å². The topological polar surface area (TPSA) is 102 Å². The van der Waals surface area contributed by atoms with E-state index in [-0.39, 0.29) is 19.0 Å². The summed E-state index contributed by atoms with van der Waals surface area (Å²) in [5, 5.41) is 25.2. The normalized spacial score (nSPS) is 12.3. The Balaban J connectivity index is 1.80. The molecule has 0 aliphatic carbocycles. The highest BCUT2D eigenvalue weighted by Gasteiger charge is 2.25. The molecule has 1 heterocycles. The molecule has 0 aliphatic heterocycles. The predicted molar refractivity (Wildman–Crippen MR) is 116 cm³/mol. The molecule has 29 heavy (non-hydrogen) atoms. The minimum atomic E-state index is -0.963. The van der Waals surface area contributed by atoms with E-state index in [2.05, 4.69) is 10.6 Å². The van der Waals surface area contributed by atoms with E-state index >= 15 is 0 Å². The van der Waals surface area contributed by atoms with Crippen LogP contribution in [0.3, 0.4) is 0 Å². The van der Waals surface area contributed by atoms with Crippen molar-refractivity contribution in [1.29, 1.82) is 0 Å². The van der Waals surface area contributed by atoms with Gasteiger partial charge in [-0.15, -0.1) is 11.3 Å². The summed E-state index contributed by atoms with van der Waals surface area (Å²) in [5.74, 6) is -0.271. The Labute approximate surface area is 179 Å². The van der Waals surface area contributed by atoms with Crippen LogP contribution >= 0.6 is 22.9 Å². The number of hydrogen-bond donors (Lipinski definition) is 4. The minimum absolute atomic E-state index is 0.110. The number of anilines is 1. The van der Waals surface area contributed by atoms with Gasteiger partial charge in [0.15, 0.2) is 0 Å². The molecule has 0 fully saturated rings. The zero-order valence-electron chi connectivity index (χ0n) is 16.6. The Bertz CT molecular complexity index is 833. The molecule has 2 amide bonds. The van der Waals surface area contributed by atoms with Crippen molar-refractivity contribution in [3.8, 4) is 0 Å². The molecule has 0 aliphatic rings. The summed E-state index contributed by atoms with van der Waals surface area (Å²) in [4.78, 5) is 25.3. The molecule has 2 rings (SSSR count). The highest BCUT2D eigenvalue weighted by Crippen LogP contribution is 2.21. The third-order valence-corrected chi connectivity index (χ3v) is 5.40. The van der Waals surface area contributed by atoms with E-state index in [1.807, 2.05) is 45.0 Å². The van der Waals surface area contributed by atoms with E-state index in [1.165, 1.54) is 16.2 Å². The van der Waals surface area contributed by atoms with Gasteiger partial charge in [0.05, 0.1) is 15.3 Å². The number of carbonyl (C=O) groups is 2. The lowest BCUT2D eigenvalue weighted by Crippen LogP contribution is -2.44. The van der Waals surface area contributed by atoms with E-state index in [9.17, 15) is 19.8 Å². The first-order valence-corrected chi connectivity index (χ1v) is 10.3. The molecule has 0 radical (unpaired) electrons. The Hall–Kier alpha value is -2.29. The maximum absolute atomic E-state index is 11.9. The summed E-state index contributed by atoms with van der Waals surface area (Å²) in [5.41, 5.74) is 1.17. The number of nitrogens with one attached hydrogen (secondary N) is 2. The molecule has 2 aromatic rings. The lowest BCUT2D eigenvalue weighted by molar-refractivity contribution is 0.0924. The van der Waals surface area contributed by atoms with Crippen LogP contribution in [0, 0.1) is 0 Å². The molecule has 0 bridgehead atoms. The summed E-state index contributed by atoms with van der Waals surface area (Å²) in [6.45, 7) is 6.21. The molecule has 0 saturated heterocycles. The van der Waals surface area contributed by atoms with Gasteiger partial charge >= 0.3 is 6.09 Å². The molecular formula is C20H26ClN3O4S. The second-order valence-corrected chi connectivity index (χ2v) is 9.30. The number of amides is 2. The number of rotatable bonds is 8. The molecule has 158 valence electrons. The molecule has 0 saturated carbocycles. The van der Waals surface area contributed by atoms with Crippen molar-refractivity contribution in [1.82, 2.24) is 10.2 Å². The van der Waals surface area contributed by atoms with Crippen LogP contribution in [-0.4, -0.2) is 51.8 Å². The summed E-state index contributed by atoms with van der Waals surface area (Å²) in [7, 11) is 0.